The van der Waals surface area contributed by atoms with E-state index >= 15 is 0 Å². The Labute approximate surface area is 214 Å². The fraction of sp³-hybridized carbons (Fsp3) is 0.367. The molecule has 0 bridgehead atoms. The molecule has 6 nitrogen and oxygen atoms in total. The molecular weight excluding hydrogens is 452 g/mol. The number of piperazine rings is 1. The molecule has 1 saturated heterocycles. The molecule has 0 aromatic heterocycles. The van der Waals surface area contributed by atoms with Gasteiger partial charge in [0.05, 0.1) is 32.4 Å². The first kappa shape index (κ1) is 25.6. The lowest BCUT2D eigenvalue weighted by atomic mass is 9.86. The standard InChI is InChI=1S/C30H36N2O4/c1-5-36-29(33)32-19-18-31(28(24-12-8-6-9-13-24)25-14-10-7-11-15-25)22-30(32,2)21-23-16-17-26(34-3)27(20-23)35-4/h6-17,20,28H,5,18-19,21-22H2,1-4H3. The third-order valence-electron chi connectivity index (χ3n) is 6.92. The summed E-state index contributed by atoms with van der Waals surface area (Å²) in [6.45, 7) is 6.37. The normalized spacial score (nSPS) is 18.2. The number of carbonyl (C=O) groups excluding carboxylic acids is 1. The summed E-state index contributed by atoms with van der Waals surface area (Å²) in [7, 11) is 3.27. The van der Waals surface area contributed by atoms with Crippen molar-refractivity contribution in [3.05, 3.63) is 95.6 Å². The number of hydrogen-bond donors (Lipinski definition) is 0. The zero-order valence-electron chi connectivity index (χ0n) is 21.6. The van der Waals surface area contributed by atoms with Crippen LogP contribution in [0.15, 0.2) is 78.9 Å². The van der Waals surface area contributed by atoms with Gasteiger partial charge in [-0.25, -0.2) is 4.79 Å². The van der Waals surface area contributed by atoms with Gasteiger partial charge in [0.1, 0.15) is 0 Å². The second-order valence-electron chi connectivity index (χ2n) is 9.41. The van der Waals surface area contributed by atoms with Crippen molar-refractivity contribution in [2.24, 2.45) is 0 Å². The van der Waals surface area contributed by atoms with E-state index in [9.17, 15) is 4.79 Å². The predicted molar refractivity (Wildman–Crippen MR) is 142 cm³/mol. The number of benzene rings is 3. The van der Waals surface area contributed by atoms with Crippen LogP contribution in [0.2, 0.25) is 0 Å². The molecule has 0 aliphatic carbocycles. The average Bonchev–Trinajstić information content (AvgIpc) is 2.90. The number of rotatable bonds is 8. The van der Waals surface area contributed by atoms with Gasteiger partial charge >= 0.3 is 6.09 Å². The molecule has 6 heteroatoms. The van der Waals surface area contributed by atoms with Crippen LogP contribution >= 0.6 is 0 Å². The maximum Gasteiger partial charge on any atom is 0.410 e. The molecule has 3 aromatic carbocycles. The average molecular weight is 489 g/mol. The van der Waals surface area contributed by atoms with Gasteiger partial charge in [0, 0.05) is 19.6 Å². The SMILES string of the molecule is CCOC(=O)N1CCN(C(c2ccccc2)c2ccccc2)CC1(C)Cc1ccc(OC)c(OC)c1. The molecule has 190 valence electrons. The largest absolute Gasteiger partial charge is 0.493 e. The summed E-state index contributed by atoms with van der Waals surface area (Å²) in [4.78, 5) is 17.5. The van der Waals surface area contributed by atoms with Gasteiger partial charge < -0.3 is 14.2 Å². The summed E-state index contributed by atoms with van der Waals surface area (Å²) in [6, 6.07) is 27.2. The Balaban J connectivity index is 1.71. The van der Waals surface area contributed by atoms with Crippen LogP contribution in [-0.2, 0) is 11.2 Å². The van der Waals surface area contributed by atoms with E-state index in [1.54, 1.807) is 14.2 Å². The zero-order valence-corrected chi connectivity index (χ0v) is 21.6. The Morgan fingerprint density at radius 3 is 2.06 bits per heavy atom. The highest BCUT2D eigenvalue weighted by Gasteiger charge is 2.43. The third-order valence-corrected chi connectivity index (χ3v) is 6.92. The van der Waals surface area contributed by atoms with E-state index in [0.717, 1.165) is 12.1 Å². The minimum Gasteiger partial charge on any atom is -0.493 e. The number of amides is 1. The molecule has 4 rings (SSSR count). The van der Waals surface area contributed by atoms with Crippen LogP contribution in [0.3, 0.4) is 0 Å². The van der Waals surface area contributed by atoms with Crippen molar-refractivity contribution in [1.82, 2.24) is 9.80 Å². The second-order valence-corrected chi connectivity index (χ2v) is 9.41. The van der Waals surface area contributed by atoms with E-state index in [2.05, 4.69) is 60.4 Å². The number of hydrogen-bond acceptors (Lipinski definition) is 5. The molecule has 1 unspecified atom stereocenters. The highest BCUT2D eigenvalue weighted by Crippen LogP contribution is 2.36. The Morgan fingerprint density at radius 1 is 0.889 bits per heavy atom. The number of carbonyl (C=O) groups is 1. The van der Waals surface area contributed by atoms with Crippen molar-refractivity contribution in [2.45, 2.75) is 31.8 Å². The summed E-state index contributed by atoms with van der Waals surface area (Å²) < 4.78 is 16.5. The van der Waals surface area contributed by atoms with Gasteiger partial charge in [-0.05, 0) is 49.1 Å². The lowest BCUT2D eigenvalue weighted by molar-refractivity contribution is -0.00549. The molecule has 0 saturated carbocycles. The zero-order chi connectivity index (χ0) is 25.5. The molecule has 1 aliphatic rings. The second kappa shape index (κ2) is 11.5. The topological polar surface area (TPSA) is 51.2 Å². The Hall–Kier alpha value is -3.51. The van der Waals surface area contributed by atoms with E-state index in [4.69, 9.17) is 14.2 Å². The van der Waals surface area contributed by atoms with E-state index in [1.807, 2.05) is 42.2 Å². The molecule has 36 heavy (non-hydrogen) atoms. The van der Waals surface area contributed by atoms with Crippen molar-refractivity contribution >= 4 is 6.09 Å². The predicted octanol–water partition coefficient (Wildman–Crippen LogP) is 5.57. The molecular formula is C30H36N2O4. The molecule has 0 N–H and O–H groups in total. The Bertz CT molecular complexity index is 1100. The molecule has 3 aromatic rings. The summed E-state index contributed by atoms with van der Waals surface area (Å²) in [5.74, 6) is 1.37. The first-order valence-corrected chi connectivity index (χ1v) is 12.5. The first-order valence-electron chi connectivity index (χ1n) is 12.5. The quantitative estimate of drug-likeness (QED) is 0.415. The van der Waals surface area contributed by atoms with Crippen LogP contribution < -0.4 is 9.47 Å². The van der Waals surface area contributed by atoms with Crippen molar-refractivity contribution in [3.63, 3.8) is 0 Å². The first-order chi connectivity index (χ1) is 17.5. The van der Waals surface area contributed by atoms with Gasteiger partial charge in [0.15, 0.2) is 11.5 Å². The van der Waals surface area contributed by atoms with Gasteiger partial charge in [-0.3, -0.25) is 9.80 Å². The molecule has 1 amide bonds. The van der Waals surface area contributed by atoms with Crippen LogP contribution in [0.4, 0.5) is 4.79 Å². The molecule has 1 heterocycles. The van der Waals surface area contributed by atoms with Crippen LogP contribution in [-0.4, -0.2) is 61.9 Å². The van der Waals surface area contributed by atoms with E-state index < -0.39 is 5.54 Å². The van der Waals surface area contributed by atoms with Crippen LogP contribution in [0.25, 0.3) is 0 Å². The fourth-order valence-electron chi connectivity index (χ4n) is 5.30. The van der Waals surface area contributed by atoms with E-state index in [1.165, 1.54) is 11.1 Å². The molecule has 0 spiro atoms. The van der Waals surface area contributed by atoms with E-state index in [0.29, 0.717) is 37.6 Å². The third kappa shape index (κ3) is 5.49. The van der Waals surface area contributed by atoms with Gasteiger partial charge in [0.25, 0.3) is 0 Å². The lowest BCUT2D eigenvalue weighted by Crippen LogP contribution is -2.64. The number of ether oxygens (including phenoxy) is 3. The maximum absolute atomic E-state index is 13.1. The highest BCUT2D eigenvalue weighted by molar-refractivity contribution is 5.69. The van der Waals surface area contributed by atoms with Gasteiger partial charge in [-0.1, -0.05) is 66.7 Å². The van der Waals surface area contributed by atoms with E-state index in [-0.39, 0.29) is 12.1 Å². The van der Waals surface area contributed by atoms with Gasteiger partial charge in [-0.2, -0.15) is 0 Å². The minimum atomic E-state index is -0.494. The van der Waals surface area contributed by atoms with Gasteiger partial charge in [-0.15, -0.1) is 0 Å². The maximum atomic E-state index is 13.1. The summed E-state index contributed by atoms with van der Waals surface area (Å²) in [6.07, 6.45) is 0.384. The smallest absolute Gasteiger partial charge is 0.410 e. The monoisotopic (exact) mass is 488 g/mol. The van der Waals surface area contributed by atoms with Crippen LogP contribution in [0, 0.1) is 0 Å². The fourth-order valence-corrected chi connectivity index (χ4v) is 5.30. The number of methoxy groups -OCH3 is 2. The van der Waals surface area contributed by atoms with Gasteiger partial charge in [0.2, 0.25) is 0 Å². The molecule has 1 atom stereocenters. The van der Waals surface area contributed by atoms with Crippen molar-refractivity contribution in [3.8, 4) is 11.5 Å². The summed E-state index contributed by atoms with van der Waals surface area (Å²) >= 11 is 0. The lowest BCUT2D eigenvalue weighted by Gasteiger charge is -2.50. The van der Waals surface area contributed by atoms with Crippen LogP contribution in [0.5, 0.6) is 11.5 Å². The molecule has 1 fully saturated rings. The number of nitrogens with zero attached hydrogens (tertiary/aromatic N) is 2. The molecule has 0 radical (unpaired) electrons. The molecule has 1 aliphatic heterocycles. The minimum absolute atomic E-state index is 0.0847. The summed E-state index contributed by atoms with van der Waals surface area (Å²) in [5.41, 5.74) is 3.05. The van der Waals surface area contributed by atoms with Crippen molar-refractivity contribution in [1.29, 1.82) is 0 Å². The van der Waals surface area contributed by atoms with Crippen molar-refractivity contribution in [2.75, 3.05) is 40.5 Å². The summed E-state index contributed by atoms with van der Waals surface area (Å²) in [5, 5.41) is 0. The van der Waals surface area contributed by atoms with Crippen LogP contribution in [0.1, 0.15) is 36.6 Å². The Kier molecular flexibility index (Phi) is 8.16. The Morgan fingerprint density at radius 2 is 1.50 bits per heavy atom. The van der Waals surface area contributed by atoms with Crippen molar-refractivity contribution < 1.29 is 19.0 Å². The highest BCUT2D eigenvalue weighted by atomic mass is 16.6.